The van der Waals surface area contributed by atoms with Gasteiger partial charge in [-0.3, -0.25) is 4.79 Å². The lowest BCUT2D eigenvalue weighted by atomic mass is 10.0. The van der Waals surface area contributed by atoms with E-state index in [9.17, 15) is 14.7 Å². The van der Waals surface area contributed by atoms with Crippen LogP contribution in [-0.2, 0) is 4.79 Å². The zero-order valence-corrected chi connectivity index (χ0v) is 10.4. The fourth-order valence-electron chi connectivity index (χ4n) is 2.43. The number of fused-ring (bicyclic) bond motifs is 3. The maximum atomic E-state index is 12.0. The van der Waals surface area contributed by atoms with Gasteiger partial charge in [0.15, 0.2) is 0 Å². The number of para-hydroxylation sites is 1. The van der Waals surface area contributed by atoms with Crippen LogP contribution in [0, 0.1) is 0 Å². The van der Waals surface area contributed by atoms with Crippen molar-refractivity contribution in [2.24, 2.45) is 0 Å². The van der Waals surface area contributed by atoms with Crippen LogP contribution in [0.15, 0.2) is 18.2 Å². The van der Waals surface area contributed by atoms with Crippen molar-refractivity contribution in [3.05, 3.63) is 23.8 Å². The zero-order valence-electron chi connectivity index (χ0n) is 9.55. The molecule has 3 rings (SSSR count). The van der Waals surface area contributed by atoms with Crippen LogP contribution < -0.4 is 10.2 Å². The minimum Gasteiger partial charge on any atom is -0.478 e. The van der Waals surface area contributed by atoms with E-state index in [1.54, 1.807) is 30.0 Å². The van der Waals surface area contributed by atoms with Crippen molar-refractivity contribution in [1.29, 1.82) is 0 Å². The van der Waals surface area contributed by atoms with E-state index in [1.165, 1.54) is 0 Å². The summed E-state index contributed by atoms with van der Waals surface area (Å²) in [5.74, 6) is 0.619. The summed E-state index contributed by atoms with van der Waals surface area (Å²) in [5.41, 5.74) is 1.50. The highest BCUT2D eigenvalue weighted by molar-refractivity contribution is 7.99. The number of carbonyl (C=O) groups is 2. The third-order valence-corrected chi connectivity index (χ3v) is 4.27. The summed E-state index contributed by atoms with van der Waals surface area (Å²) in [6.45, 7) is 0.708. The van der Waals surface area contributed by atoms with Crippen LogP contribution in [0.5, 0.6) is 0 Å². The molecule has 2 N–H and O–H groups in total. The van der Waals surface area contributed by atoms with E-state index in [4.69, 9.17) is 0 Å². The SMILES string of the molecule is O=C(O)c1cccc2c1N1CCSCC1C(=O)N2. The number of anilines is 2. The second-order valence-electron chi connectivity index (χ2n) is 4.28. The van der Waals surface area contributed by atoms with Crippen LogP contribution in [0.4, 0.5) is 11.4 Å². The molecule has 5 nitrogen and oxygen atoms in total. The van der Waals surface area contributed by atoms with Crippen molar-refractivity contribution >= 4 is 35.0 Å². The van der Waals surface area contributed by atoms with Gasteiger partial charge in [0.05, 0.1) is 16.9 Å². The smallest absolute Gasteiger partial charge is 0.337 e. The van der Waals surface area contributed by atoms with E-state index in [-0.39, 0.29) is 17.5 Å². The van der Waals surface area contributed by atoms with Crippen LogP contribution in [0.2, 0.25) is 0 Å². The molecule has 1 aromatic rings. The molecule has 0 saturated carbocycles. The van der Waals surface area contributed by atoms with Crippen LogP contribution in [0.1, 0.15) is 10.4 Å². The minimum atomic E-state index is -0.958. The monoisotopic (exact) mass is 264 g/mol. The highest BCUT2D eigenvalue weighted by Crippen LogP contribution is 2.37. The van der Waals surface area contributed by atoms with E-state index in [0.29, 0.717) is 23.7 Å². The molecule has 94 valence electrons. The largest absolute Gasteiger partial charge is 0.478 e. The Balaban J connectivity index is 2.15. The molecule has 1 unspecified atom stereocenters. The Labute approximate surface area is 108 Å². The Morgan fingerprint density at radius 2 is 2.33 bits per heavy atom. The fourth-order valence-corrected chi connectivity index (χ4v) is 3.48. The van der Waals surface area contributed by atoms with Crippen molar-refractivity contribution in [3.63, 3.8) is 0 Å². The molecule has 0 aromatic heterocycles. The fraction of sp³-hybridized carbons (Fsp3) is 0.333. The Morgan fingerprint density at radius 3 is 3.11 bits per heavy atom. The molecule has 2 heterocycles. The molecule has 1 fully saturated rings. The number of aromatic carboxylic acids is 1. The number of carboxylic acid groups (broad SMARTS) is 1. The van der Waals surface area contributed by atoms with Gasteiger partial charge in [-0.2, -0.15) is 11.8 Å². The van der Waals surface area contributed by atoms with Gasteiger partial charge in [-0.05, 0) is 12.1 Å². The topological polar surface area (TPSA) is 69.6 Å². The summed E-state index contributed by atoms with van der Waals surface area (Å²) in [4.78, 5) is 25.2. The summed E-state index contributed by atoms with van der Waals surface area (Å²) >= 11 is 1.72. The molecule has 1 saturated heterocycles. The predicted octanol–water partition coefficient (Wildman–Crippen LogP) is 1.26. The first kappa shape index (κ1) is 11.4. The first-order chi connectivity index (χ1) is 8.68. The number of hydrogen-bond acceptors (Lipinski definition) is 4. The molecule has 6 heteroatoms. The Kier molecular flexibility index (Phi) is 2.66. The predicted molar refractivity (Wildman–Crippen MR) is 70.5 cm³/mol. The normalized spacial score (nSPS) is 21.9. The van der Waals surface area contributed by atoms with Crippen LogP contribution in [-0.4, -0.2) is 41.1 Å². The van der Waals surface area contributed by atoms with Crippen LogP contribution >= 0.6 is 11.8 Å². The number of carbonyl (C=O) groups excluding carboxylic acids is 1. The van der Waals surface area contributed by atoms with E-state index < -0.39 is 5.97 Å². The lowest BCUT2D eigenvalue weighted by Gasteiger charge is -2.41. The quantitative estimate of drug-likeness (QED) is 0.799. The second-order valence-corrected chi connectivity index (χ2v) is 5.43. The summed E-state index contributed by atoms with van der Waals surface area (Å²) in [6.07, 6.45) is 0. The van der Waals surface area contributed by atoms with Gasteiger partial charge < -0.3 is 15.3 Å². The van der Waals surface area contributed by atoms with Crippen molar-refractivity contribution in [2.45, 2.75) is 6.04 Å². The van der Waals surface area contributed by atoms with E-state index in [0.717, 1.165) is 5.75 Å². The van der Waals surface area contributed by atoms with E-state index in [2.05, 4.69) is 5.32 Å². The van der Waals surface area contributed by atoms with Gasteiger partial charge in [0.25, 0.3) is 0 Å². The maximum Gasteiger partial charge on any atom is 0.337 e. The number of amides is 1. The molecule has 18 heavy (non-hydrogen) atoms. The van der Waals surface area contributed by atoms with Gasteiger partial charge in [0.2, 0.25) is 5.91 Å². The number of thioether (sulfide) groups is 1. The maximum absolute atomic E-state index is 12.0. The Bertz CT molecular complexity index is 532. The van der Waals surface area contributed by atoms with Gasteiger partial charge in [0.1, 0.15) is 6.04 Å². The third kappa shape index (κ3) is 1.64. The first-order valence-corrected chi connectivity index (χ1v) is 6.85. The van der Waals surface area contributed by atoms with E-state index >= 15 is 0 Å². The zero-order chi connectivity index (χ0) is 12.7. The molecule has 2 aliphatic rings. The average molecular weight is 264 g/mol. The standard InChI is InChI=1S/C12H12N2O3S/c15-11-9-6-18-5-4-14(9)10-7(12(16)17)2-1-3-8(10)13-11/h1-3,9H,4-6H2,(H,13,15)(H,16,17). The van der Waals surface area contributed by atoms with Crippen LogP contribution in [0.3, 0.4) is 0 Å². The summed E-state index contributed by atoms with van der Waals surface area (Å²) in [5, 5.41) is 12.0. The summed E-state index contributed by atoms with van der Waals surface area (Å²) in [7, 11) is 0. The van der Waals surface area contributed by atoms with E-state index in [1.807, 2.05) is 4.90 Å². The Hall–Kier alpha value is -1.69. The van der Waals surface area contributed by atoms with Gasteiger partial charge in [-0.15, -0.1) is 0 Å². The van der Waals surface area contributed by atoms with Crippen molar-refractivity contribution < 1.29 is 14.7 Å². The molecular formula is C12H12N2O3S. The molecule has 1 atom stereocenters. The number of nitrogens with one attached hydrogen (secondary N) is 1. The molecular weight excluding hydrogens is 252 g/mol. The third-order valence-electron chi connectivity index (χ3n) is 3.24. The number of hydrogen-bond donors (Lipinski definition) is 2. The minimum absolute atomic E-state index is 0.0442. The molecule has 0 spiro atoms. The van der Waals surface area contributed by atoms with Crippen molar-refractivity contribution in [3.8, 4) is 0 Å². The van der Waals surface area contributed by atoms with Gasteiger partial charge >= 0.3 is 5.97 Å². The molecule has 1 aromatic carbocycles. The summed E-state index contributed by atoms with van der Waals surface area (Å²) < 4.78 is 0. The summed E-state index contributed by atoms with van der Waals surface area (Å²) in [6, 6.07) is 4.73. The van der Waals surface area contributed by atoms with Crippen molar-refractivity contribution in [2.75, 3.05) is 28.3 Å². The first-order valence-electron chi connectivity index (χ1n) is 5.70. The average Bonchev–Trinajstić information content (AvgIpc) is 2.38. The number of rotatable bonds is 1. The molecule has 0 aliphatic carbocycles. The van der Waals surface area contributed by atoms with Gasteiger partial charge in [0, 0.05) is 18.1 Å². The molecule has 2 aliphatic heterocycles. The Morgan fingerprint density at radius 1 is 1.50 bits per heavy atom. The second kappa shape index (κ2) is 4.20. The lowest BCUT2D eigenvalue weighted by Crippen LogP contribution is -2.53. The van der Waals surface area contributed by atoms with Crippen LogP contribution in [0.25, 0.3) is 0 Å². The van der Waals surface area contributed by atoms with Crippen molar-refractivity contribution in [1.82, 2.24) is 0 Å². The molecule has 1 amide bonds. The molecule has 0 bridgehead atoms. The number of benzene rings is 1. The highest BCUT2D eigenvalue weighted by Gasteiger charge is 2.37. The lowest BCUT2D eigenvalue weighted by molar-refractivity contribution is -0.117. The highest BCUT2D eigenvalue weighted by atomic mass is 32.2. The molecule has 0 radical (unpaired) electrons. The number of nitrogens with zero attached hydrogens (tertiary/aromatic N) is 1. The van der Waals surface area contributed by atoms with Gasteiger partial charge in [-0.25, -0.2) is 4.79 Å². The van der Waals surface area contributed by atoms with Gasteiger partial charge in [-0.1, -0.05) is 6.07 Å². The number of carboxylic acids is 1.